The summed E-state index contributed by atoms with van der Waals surface area (Å²) in [6.45, 7) is 2.09. The highest BCUT2D eigenvalue weighted by Crippen LogP contribution is 2.24. The quantitative estimate of drug-likeness (QED) is 0.507. The molecule has 2 nitrogen and oxygen atoms in total. The van der Waals surface area contributed by atoms with Gasteiger partial charge in [0.25, 0.3) is 0 Å². The van der Waals surface area contributed by atoms with Crippen LogP contribution in [0.15, 0.2) is 79.1 Å². The molecule has 2 aromatic carbocycles. The van der Waals surface area contributed by atoms with E-state index in [2.05, 4.69) is 89.4 Å². The molecule has 0 unspecified atom stereocenters. The Balaban J connectivity index is 1.73. The van der Waals surface area contributed by atoms with Crippen molar-refractivity contribution in [3.63, 3.8) is 0 Å². The van der Waals surface area contributed by atoms with E-state index >= 15 is 0 Å². The summed E-state index contributed by atoms with van der Waals surface area (Å²) in [6.07, 6.45) is 4.18. The Kier molecular flexibility index (Phi) is 3.01. The van der Waals surface area contributed by atoms with Crippen molar-refractivity contribution in [1.29, 1.82) is 0 Å². The molecule has 0 spiro atoms. The maximum atomic E-state index is 4.69. The van der Waals surface area contributed by atoms with E-state index in [1.165, 1.54) is 16.7 Å². The first-order chi connectivity index (χ1) is 10.8. The van der Waals surface area contributed by atoms with E-state index in [0.717, 1.165) is 16.9 Å². The normalized spacial score (nSPS) is 11.0. The highest BCUT2D eigenvalue weighted by molar-refractivity contribution is 5.69. The lowest BCUT2D eigenvalue weighted by atomic mass is 10.0. The van der Waals surface area contributed by atoms with Gasteiger partial charge in [-0.05, 0) is 29.7 Å². The summed E-state index contributed by atoms with van der Waals surface area (Å²) in [5, 5.41) is 0. The molecular formula is C20H16N2. The van der Waals surface area contributed by atoms with Crippen molar-refractivity contribution in [2.45, 2.75) is 6.92 Å². The molecule has 2 heteroatoms. The van der Waals surface area contributed by atoms with E-state index in [1.807, 2.05) is 6.07 Å². The van der Waals surface area contributed by atoms with Crippen molar-refractivity contribution in [3.05, 3.63) is 84.7 Å². The zero-order chi connectivity index (χ0) is 14.9. The summed E-state index contributed by atoms with van der Waals surface area (Å²) in [7, 11) is 0. The van der Waals surface area contributed by atoms with E-state index in [4.69, 9.17) is 0 Å². The number of imidazole rings is 1. The van der Waals surface area contributed by atoms with Crippen LogP contribution in [0.4, 0.5) is 0 Å². The Morgan fingerprint density at radius 2 is 1.36 bits per heavy atom. The molecule has 0 amide bonds. The second-order valence-corrected chi connectivity index (χ2v) is 5.54. The van der Waals surface area contributed by atoms with Gasteiger partial charge in [-0.25, -0.2) is 4.98 Å². The van der Waals surface area contributed by atoms with Gasteiger partial charge in [-0.3, -0.25) is 0 Å². The Bertz CT molecular complexity index is 919. The fourth-order valence-electron chi connectivity index (χ4n) is 2.71. The largest absolute Gasteiger partial charge is 0.306 e. The molecular weight excluding hydrogens is 268 g/mol. The summed E-state index contributed by atoms with van der Waals surface area (Å²) in [6, 6.07) is 23.1. The van der Waals surface area contributed by atoms with Gasteiger partial charge in [0.2, 0.25) is 0 Å². The van der Waals surface area contributed by atoms with Crippen molar-refractivity contribution in [2.24, 2.45) is 0 Å². The van der Waals surface area contributed by atoms with Gasteiger partial charge in [-0.2, -0.15) is 0 Å². The highest BCUT2D eigenvalue weighted by Gasteiger charge is 2.05. The minimum absolute atomic E-state index is 0.979. The average Bonchev–Trinajstić information content (AvgIpc) is 2.99. The first-order valence-electron chi connectivity index (χ1n) is 7.41. The van der Waals surface area contributed by atoms with Crippen LogP contribution in [0.1, 0.15) is 5.56 Å². The lowest BCUT2D eigenvalue weighted by Crippen LogP contribution is -1.82. The summed E-state index contributed by atoms with van der Waals surface area (Å²) in [5.74, 6) is 0. The fourth-order valence-corrected chi connectivity index (χ4v) is 2.71. The molecule has 22 heavy (non-hydrogen) atoms. The first kappa shape index (κ1) is 12.8. The van der Waals surface area contributed by atoms with Gasteiger partial charge in [0.15, 0.2) is 0 Å². The molecule has 0 aliphatic heterocycles. The zero-order valence-electron chi connectivity index (χ0n) is 12.4. The number of hydrogen-bond donors (Lipinski definition) is 0. The SMILES string of the molecule is Cc1ccc2nc(-c3ccc(-c4ccccc4)cc3)cn2c1. The van der Waals surface area contributed by atoms with E-state index in [1.54, 1.807) is 0 Å². The molecule has 0 saturated carbocycles. The smallest absolute Gasteiger partial charge is 0.137 e. The van der Waals surface area contributed by atoms with Gasteiger partial charge in [-0.1, -0.05) is 60.7 Å². The van der Waals surface area contributed by atoms with Gasteiger partial charge in [-0.15, -0.1) is 0 Å². The van der Waals surface area contributed by atoms with E-state index in [-0.39, 0.29) is 0 Å². The van der Waals surface area contributed by atoms with Crippen LogP contribution in [-0.2, 0) is 0 Å². The molecule has 0 saturated heterocycles. The Morgan fingerprint density at radius 1 is 0.682 bits per heavy atom. The van der Waals surface area contributed by atoms with Crippen molar-refractivity contribution in [3.8, 4) is 22.4 Å². The molecule has 0 N–H and O–H groups in total. The van der Waals surface area contributed by atoms with Gasteiger partial charge in [0.1, 0.15) is 5.65 Å². The molecule has 0 fully saturated rings. The lowest BCUT2D eigenvalue weighted by Gasteiger charge is -2.02. The number of rotatable bonds is 2. The van der Waals surface area contributed by atoms with Crippen LogP contribution in [0.3, 0.4) is 0 Å². The van der Waals surface area contributed by atoms with E-state index in [0.29, 0.717) is 0 Å². The van der Waals surface area contributed by atoms with Crippen molar-refractivity contribution in [1.82, 2.24) is 9.38 Å². The van der Waals surface area contributed by atoms with Gasteiger partial charge >= 0.3 is 0 Å². The van der Waals surface area contributed by atoms with E-state index in [9.17, 15) is 0 Å². The van der Waals surface area contributed by atoms with Crippen molar-refractivity contribution >= 4 is 5.65 Å². The Labute approximate surface area is 129 Å². The molecule has 2 heterocycles. The third-order valence-corrected chi connectivity index (χ3v) is 3.89. The number of hydrogen-bond acceptors (Lipinski definition) is 1. The fraction of sp³-hybridized carbons (Fsp3) is 0.0500. The second-order valence-electron chi connectivity index (χ2n) is 5.54. The number of aromatic nitrogens is 2. The summed E-state index contributed by atoms with van der Waals surface area (Å²) in [4.78, 5) is 4.69. The highest BCUT2D eigenvalue weighted by atomic mass is 15.0. The molecule has 0 bridgehead atoms. The lowest BCUT2D eigenvalue weighted by molar-refractivity contribution is 1.16. The zero-order valence-corrected chi connectivity index (χ0v) is 12.4. The van der Waals surface area contributed by atoms with Crippen LogP contribution >= 0.6 is 0 Å². The van der Waals surface area contributed by atoms with Crippen LogP contribution in [0.5, 0.6) is 0 Å². The molecule has 4 aromatic rings. The monoisotopic (exact) mass is 284 g/mol. The summed E-state index contributed by atoms with van der Waals surface area (Å²) < 4.78 is 2.08. The average molecular weight is 284 g/mol. The first-order valence-corrected chi connectivity index (χ1v) is 7.41. The molecule has 0 aliphatic carbocycles. The third kappa shape index (κ3) is 2.29. The van der Waals surface area contributed by atoms with E-state index < -0.39 is 0 Å². The molecule has 2 aromatic heterocycles. The molecule has 0 aliphatic rings. The minimum Gasteiger partial charge on any atom is -0.306 e. The predicted octanol–water partition coefficient (Wildman–Crippen LogP) is 4.98. The van der Waals surface area contributed by atoms with Crippen molar-refractivity contribution in [2.75, 3.05) is 0 Å². The number of fused-ring (bicyclic) bond motifs is 1. The third-order valence-electron chi connectivity index (χ3n) is 3.89. The van der Waals surface area contributed by atoms with Gasteiger partial charge in [0, 0.05) is 18.0 Å². The number of benzene rings is 2. The van der Waals surface area contributed by atoms with Crippen LogP contribution in [0, 0.1) is 6.92 Å². The maximum Gasteiger partial charge on any atom is 0.137 e. The van der Waals surface area contributed by atoms with Gasteiger partial charge < -0.3 is 4.40 Å². The van der Waals surface area contributed by atoms with Crippen molar-refractivity contribution < 1.29 is 0 Å². The minimum atomic E-state index is 0.979. The van der Waals surface area contributed by atoms with Crippen LogP contribution in [0.25, 0.3) is 28.0 Å². The molecule has 0 radical (unpaired) electrons. The molecule has 4 rings (SSSR count). The molecule has 0 atom stereocenters. The standard InChI is InChI=1S/C20H16N2/c1-15-7-12-20-21-19(14-22(20)13-15)18-10-8-17(9-11-18)16-5-3-2-4-6-16/h2-14H,1H3. The molecule has 106 valence electrons. The predicted molar refractivity (Wildman–Crippen MR) is 90.8 cm³/mol. The topological polar surface area (TPSA) is 17.3 Å². The van der Waals surface area contributed by atoms with Crippen LogP contribution in [0.2, 0.25) is 0 Å². The maximum absolute atomic E-state index is 4.69. The van der Waals surface area contributed by atoms with Crippen LogP contribution in [-0.4, -0.2) is 9.38 Å². The number of pyridine rings is 1. The summed E-state index contributed by atoms with van der Waals surface area (Å²) in [5.41, 5.74) is 6.82. The van der Waals surface area contributed by atoms with Crippen LogP contribution < -0.4 is 0 Å². The Morgan fingerprint density at radius 3 is 2.14 bits per heavy atom. The number of nitrogens with zero attached hydrogens (tertiary/aromatic N) is 2. The summed E-state index contributed by atoms with van der Waals surface area (Å²) >= 11 is 0. The second kappa shape index (κ2) is 5.15. The van der Waals surface area contributed by atoms with Gasteiger partial charge in [0.05, 0.1) is 5.69 Å². The Hall–Kier alpha value is -2.87. The number of aryl methyl sites for hydroxylation is 1.